The quantitative estimate of drug-likeness (QED) is 0.702. The van der Waals surface area contributed by atoms with Gasteiger partial charge in [-0.3, -0.25) is 10.1 Å². The number of anilines is 1. The molecule has 1 aromatic heterocycles. The van der Waals surface area contributed by atoms with Crippen molar-refractivity contribution in [2.45, 2.75) is 6.61 Å². The molecule has 7 nitrogen and oxygen atoms in total. The van der Waals surface area contributed by atoms with Crippen LogP contribution in [0.5, 0.6) is 11.5 Å². The third-order valence-corrected chi connectivity index (χ3v) is 4.25. The van der Waals surface area contributed by atoms with Gasteiger partial charge in [-0.1, -0.05) is 11.3 Å². The number of hydrogen-bond donors (Lipinski definition) is 1. The lowest BCUT2D eigenvalue weighted by molar-refractivity contribution is -0.111. The molecule has 2 aromatic rings. The SMILES string of the molecule is COCc1nnc(NC(=O)/C=C/c2cc(Br)c(OC)c(OC)c2)s1. The molecule has 1 aromatic carbocycles. The van der Waals surface area contributed by atoms with Gasteiger partial charge >= 0.3 is 0 Å². The van der Waals surface area contributed by atoms with E-state index < -0.39 is 0 Å². The molecule has 0 fully saturated rings. The molecule has 24 heavy (non-hydrogen) atoms. The highest BCUT2D eigenvalue weighted by Gasteiger charge is 2.10. The molecule has 2 rings (SSSR count). The largest absolute Gasteiger partial charge is 0.493 e. The molecule has 0 radical (unpaired) electrons. The van der Waals surface area contributed by atoms with Crippen LogP contribution in [0.25, 0.3) is 6.08 Å². The summed E-state index contributed by atoms with van der Waals surface area (Å²) < 4.78 is 16.2. The van der Waals surface area contributed by atoms with Crippen LogP contribution in [-0.2, 0) is 16.1 Å². The average molecular weight is 414 g/mol. The molecule has 128 valence electrons. The molecule has 0 aliphatic heterocycles. The number of methoxy groups -OCH3 is 3. The Morgan fingerprint density at radius 3 is 2.75 bits per heavy atom. The van der Waals surface area contributed by atoms with Crippen LogP contribution in [-0.4, -0.2) is 37.4 Å². The molecule has 0 saturated heterocycles. The normalized spacial score (nSPS) is 10.8. The summed E-state index contributed by atoms with van der Waals surface area (Å²) in [6.45, 7) is 0.364. The summed E-state index contributed by atoms with van der Waals surface area (Å²) in [4.78, 5) is 12.0. The molecule has 1 amide bonds. The minimum absolute atomic E-state index is 0.305. The van der Waals surface area contributed by atoms with Crippen molar-refractivity contribution in [1.29, 1.82) is 0 Å². The first-order chi connectivity index (χ1) is 11.6. The van der Waals surface area contributed by atoms with Crippen molar-refractivity contribution in [3.05, 3.63) is 33.3 Å². The van der Waals surface area contributed by atoms with Gasteiger partial charge in [0.05, 0.1) is 18.7 Å². The van der Waals surface area contributed by atoms with Crippen molar-refractivity contribution in [2.75, 3.05) is 26.6 Å². The zero-order chi connectivity index (χ0) is 17.5. The molecule has 1 heterocycles. The van der Waals surface area contributed by atoms with Crippen LogP contribution in [0.2, 0.25) is 0 Å². The number of rotatable bonds is 7. The lowest BCUT2D eigenvalue weighted by Crippen LogP contribution is -2.07. The maximum atomic E-state index is 12.0. The van der Waals surface area contributed by atoms with Crippen LogP contribution in [0, 0.1) is 0 Å². The lowest BCUT2D eigenvalue weighted by Gasteiger charge is -2.10. The first kappa shape index (κ1) is 18.4. The summed E-state index contributed by atoms with van der Waals surface area (Å²) in [7, 11) is 4.69. The highest BCUT2D eigenvalue weighted by molar-refractivity contribution is 9.10. The lowest BCUT2D eigenvalue weighted by atomic mass is 10.2. The van der Waals surface area contributed by atoms with Crippen LogP contribution in [0.1, 0.15) is 10.6 Å². The molecule has 0 bridgehead atoms. The zero-order valence-electron chi connectivity index (χ0n) is 13.3. The minimum atomic E-state index is -0.305. The summed E-state index contributed by atoms with van der Waals surface area (Å²) in [5.41, 5.74) is 0.784. The second-order valence-corrected chi connectivity index (χ2v) is 6.41. The summed E-state index contributed by atoms with van der Waals surface area (Å²) in [6, 6.07) is 3.60. The Kier molecular flexibility index (Phi) is 6.71. The van der Waals surface area contributed by atoms with E-state index in [0.29, 0.717) is 28.2 Å². The molecule has 9 heteroatoms. The second kappa shape index (κ2) is 8.76. The van der Waals surface area contributed by atoms with Crippen LogP contribution in [0.4, 0.5) is 5.13 Å². The summed E-state index contributed by atoms with van der Waals surface area (Å²) in [5.74, 6) is 0.861. The van der Waals surface area contributed by atoms with E-state index in [0.717, 1.165) is 10.0 Å². The van der Waals surface area contributed by atoms with Crippen molar-refractivity contribution >= 4 is 44.4 Å². The van der Waals surface area contributed by atoms with Crippen molar-refractivity contribution in [3.63, 3.8) is 0 Å². The van der Waals surface area contributed by atoms with E-state index in [2.05, 4.69) is 31.4 Å². The molecule has 0 atom stereocenters. The fourth-order valence-corrected chi connectivity index (χ4v) is 3.18. The van der Waals surface area contributed by atoms with E-state index in [4.69, 9.17) is 14.2 Å². The number of carbonyl (C=O) groups excluding carboxylic acids is 1. The molecular formula is C15H16BrN3O4S. The number of carbonyl (C=O) groups is 1. The Hall–Kier alpha value is -1.97. The number of ether oxygens (including phenoxy) is 3. The average Bonchev–Trinajstić information content (AvgIpc) is 2.99. The number of amides is 1. The molecule has 1 N–H and O–H groups in total. The Labute approximate surface area is 151 Å². The maximum Gasteiger partial charge on any atom is 0.250 e. The number of benzene rings is 1. The van der Waals surface area contributed by atoms with Crippen LogP contribution < -0.4 is 14.8 Å². The first-order valence-corrected chi connectivity index (χ1v) is 8.40. The fraction of sp³-hybridized carbons (Fsp3) is 0.267. The van der Waals surface area contributed by atoms with Gasteiger partial charge in [0, 0.05) is 13.2 Å². The van der Waals surface area contributed by atoms with E-state index in [-0.39, 0.29) is 5.91 Å². The number of aromatic nitrogens is 2. The predicted molar refractivity (Wildman–Crippen MR) is 95.5 cm³/mol. The van der Waals surface area contributed by atoms with Crippen LogP contribution in [0.15, 0.2) is 22.7 Å². The van der Waals surface area contributed by atoms with E-state index in [1.165, 1.54) is 17.4 Å². The Bertz CT molecular complexity index is 748. The van der Waals surface area contributed by atoms with Crippen molar-refractivity contribution < 1.29 is 19.0 Å². The van der Waals surface area contributed by atoms with Gasteiger partial charge in [-0.25, -0.2) is 0 Å². The third-order valence-electron chi connectivity index (χ3n) is 2.85. The molecule has 0 spiro atoms. The van der Waals surface area contributed by atoms with Gasteiger partial charge in [-0.15, -0.1) is 10.2 Å². The monoisotopic (exact) mass is 413 g/mol. The predicted octanol–water partition coefficient (Wildman–Crippen LogP) is 3.12. The van der Waals surface area contributed by atoms with Gasteiger partial charge in [-0.05, 0) is 39.7 Å². The van der Waals surface area contributed by atoms with Gasteiger partial charge in [0.1, 0.15) is 11.6 Å². The van der Waals surface area contributed by atoms with Crippen molar-refractivity contribution in [2.24, 2.45) is 0 Å². The molecular weight excluding hydrogens is 398 g/mol. The second-order valence-electron chi connectivity index (χ2n) is 4.49. The van der Waals surface area contributed by atoms with Gasteiger partial charge in [0.15, 0.2) is 11.5 Å². The van der Waals surface area contributed by atoms with Gasteiger partial charge in [-0.2, -0.15) is 0 Å². The van der Waals surface area contributed by atoms with Crippen LogP contribution >= 0.6 is 27.3 Å². The van der Waals surface area contributed by atoms with E-state index in [1.807, 2.05) is 6.07 Å². The third kappa shape index (κ3) is 4.76. The van der Waals surface area contributed by atoms with E-state index in [9.17, 15) is 4.79 Å². The Balaban J connectivity index is 2.06. The highest BCUT2D eigenvalue weighted by atomic mass is 79.9. The molecule has 0 aliphatic carbocycles. The molecule has 0 aliphatic rings. The van der Waals surface area contributed by atoms with E-state index in [1.54, 1.807) is 33.5 Å². The Morgan fingerprint density at radius 2 is 2.08 bits per heavy atom. The van der Waals surface area contributed by atoms with Crippen molar-refractivity contribution in [3.8, 4) is 11.5 Å². The van der Waals surface area contributed by atoms with Gasteiger partial charge in [0.25, 0.3) is 0 Å². The standard InChI is InChI=1S/C15H16BrN3O4S/c1-21-8-13-18-19-15(24-13)17-12(20)5-4-9-6-10(16)14(23-3)11(7-9)22-2/h4-7H,8H2,1-3H3,(H,17,19,20)/b5-4+. The topological polar surface area (TPSA) is 82.6 Å². The Morgan fingerprint density at radius 1 is 1.29 bits per heavy atom. The van der Waals surface area contributed by atoms with E-state index >= 15 is 0 Å². The van der Waals surface area contributed by atoms with Gasteiger partial charge in [0.2, 0.25) is 11.0 Å². The highest BCUT2D eigenvalue weighted by Crippen LogP contribution is 2.36. The summed E-state index contributed by atoms with van der Waals surface area (Å²) in [5, 5.41) is 11.5. The van der Waals surface area contributed by atoms with Gasteiger partial charge < -0.3 is 14.2 Å². The smallest absolute Gasteiger partial charge is 0.250 e. The fourth-order valence-electron chi connectivity index (χ4n) is 1.84. The number of halogens is 1. The number of nitrogens with zero attached hydrogens (tertiary/aromatic N) is 2. The number of nitrogens with one attached hydrogen (secondary N) is 1. The summed E-state index contributed by atoms with van der Waals surface area (Å²) >= 11 is 4.67. The number of hydrogen-bond acceptors (Lipinski definition) is 7. The first-order valence-electron chi connectivity index (χ1n) is 6.79. The molecule has 0 saturated carbocycles. The summed E-state index contributed by atoms with van der Waals surface area (Å²) in [6.07, 6.45) is 3.07. The zero-order valence-corrected chi connectivity index (χ0v) is 15.7. The molecule has 0 unspecified atom stereocenters. The maximum absolute atomic E-state index is 12.0. The van der Waals surface area contributed by atoms with Crippen molar-refractivity contribution in [1.82, 2.24) is 10.2 Å². The minimum Gasteiger partial charge on any atom is -0.493 e. The van der Waals surface area contributed by atoms with Crippen LogP contribution in [0.3, 0.4) is 0 Å².